The molecule has 2 aliphatic rings. The van der Waals surface area contributed by atoms with Crippen molar-refractivity contribution in [1.82, 2.24) is 0 Å². The number of esters is 6. The maximum atomic E-state index is 13.3. The summed E-state index contributed by atoms with van der Waals surface area (Å²) in [5.41, 5.74) is 0.407. The molecular weight excluding hydrogens is 760 g/mol. The van der Waals surface area contributed by atoms with Gasteiger partial charge in [0.15, 0.2) is 12.2 Å². The van der Waals surface area contributed by atoms with Crippen LogP contribution in [0.15, 0.2) is 110 Å². The van der Waals surface area contributed by atoms with E-state index in [1.807, 2.05) is 0 Å². The van der Waals surface area contributed by atoms with Gasteiger partial charge in [-0.2, -0.15) is 0 Å². The fourth-order valence-corrected chi connectivity index (χ4v) is 5.81. The molecule has 0 bridgehead atoms. The fraction of sp³-hybridized carbons (Fsp3) is 0.190. The Morgan fingerprint density at radius 3 is 1.22 bits per heavy atom. The molecule has 298 valence electrons. The standard InChI is InChI=1S/C42H34O16/c1-5-35(43)53-25-11-7-23(8-12-25)39(45)55-27-15-17-29(31(19-27)49-3)41(47)57-33-21-51-38-34(22-52-37(33)38)58-42(48)30-18-16-28(20-32(30)50-4)56-40(46)24-9-13-26(14-10-24)54-36(44)6-2/h5-20,33-34,37-38H,1-2,21-22H2,3-4H3/t33-,34+,37-,38-/m1/s1. The van der Waals surface area contributed by atoms with Crippen LogP contribution in [0.25, 0.3) is 0 Å². The van der Waals surface area contributed by atoms with Crippen LogP contribution in [0.5, 0.6) is 34.5 Å². The summed E-state index contributed by atoms with van der Waals surface area (Å²) in [6, 6.07) is 19.6. The third kappa shape index (κ3) is 9.38. The van der Waals surface area contributed by atoms with Gasteiger partial charge in [0.1, 0.15) is 57.8 Å². The Morgan fingerprint density at radius 2 is 0.879 bits per heavy atom. The molecule has 4 atom stereocenters. The van der Waals surface area contributed by atoms with Crippen LogP contribution >= 0.6 is 0 Å². The molecule has 0 aromatic heterocycles. The molecule has 0 unspecified atom stereocenters. The monoisotopic (exact) mass is 794 g/mol. The van der Waals surface area contributed by atoms with Crippen LogP contribution in [0.1, 0.15) is 41.4 Å². The van der Waals surface area contributed by atoms with Gasteiger partial charge in [0.25, 0.3) is 0 Å². The minimum atomic E-state index is -0.862. The second-order valence-electron chi connectivity index (χ2n) is 12.3. The van der Waals surface area contributed by atoms with Crippen molar-refractivity contribution in [2.24, 2.45) is 0 Å². The van der Waals surface area contributed by atoms with Crippen LogP contribution in [-0.4, -0.2) is 87.7 Å². The lowest BCUT2D eigenvalue weighted by molar-refractivity contribution is -0.129. The Labute approximate surface area is 330 Å². The fourth-order valence-electron chi connectivity index (χ4n) is 5.81. The van der Waals surface area contributed by atoms with Crippen molar-refractivity contribution >= 4 is 35.8 Å². The summed E-state index contributed by atoms with van der Waals surface area (Å²) in [6.07, 6.45) is -1.22. The predicted octanol–water partition coefficient (Wildman–Crippen LogP) is 4.87. The molecule has 58 heavy (non-hydrogen) atoms. The molecule has 2 heterocycles. The summed E-state index contributed by atoms with van der Waals surface area (Å²) in [5, 5.41) is 0. The van der Waals surface area contributed by atoms with Crippen molar-refractivity contribution in [3.8, 4) is 34.5 Å². The Balaban J connectivity index is 1.02. The van der Waals surface area contributed by atoms with Crippen LogP contribution < -0.4 is 28.4 Å². The third-order valence-corrected chi connectivity index (χ3v) is 8.64. The summed E-state index contributed by atoms with van der Waals surface area (Å²) in [4.78, 5) is 74.8. The van der Waals surface area contributed by atoms with Gasteiger partial charge >= 0.3 is 35.8 Å². The van der Waals surface area contributed by atoms with E-state index < -0.39 is 60.2 Å². The zero-order chi connectivity index (χ0) is 41.3. The highest BCUT2D eigenvalue weighted by Gasteiger charge is 2.51. The van der Waals surface area contributed by atoms with Gasteiger partial charge in [0.2, 0.25) is 0 Å². The topological polar surface area (TPSA) is 195 Å². The van der Waals surface area contributed by atoms with Crippen molar-refractivity contribution in [3.05, 3.63) is 132 Å². The van der Waals surface area contributed by atoms with E-state index in [1.54, 1.807) is 0 Å². The van der Waals surface area contributed by atoms with E-state index >= 15 is 0 Å². The van der Waals surface area contributed by atoms with Gasteiger partial charge in [0.05, 0.1) is 38.6 Å². The van der Waals surface area contributed by atoms with Gasteiger partial charge in [-0.15, -0.1) is 0 Å². The number of methoxy groups -OCH3 is 2. The Morgan fingerprint density at radius 1 is 0.517 bits per heavy atom. The number of benzene rings is 4. The number of fused-ring (bicyclic) bond motifs is 1. The lowest BCUT2D eigenvalue weighted by Crippen LogP contribution is -2.36. The van der Waals surface area contributed by atoms with Gasteiger partial charge in [-0.3, -0.25) is 0 Å². The first-order chi connectivity index (χ1) is 28.0. The maximum absolute atomic E-state index is 13.3. The molecule has 0 aliphatic carbocycles. The van der Waals surface area contributed by atoms with E-state index in [2.05, 4.69) is 13.2 Å². The van der Waals surface area contributed by atoms with Gasteiger partial charge in [-0.1, -0.05) is 13.2 Å². The Hall–Kier alpha value is -7.30. The van der Waals surface area contributed by atoms with E-state index in [0.29, 0.717) is 0 Å². The number of hydrogen-bond acceptors (Lipinski definition) is 16. The normalized spacial score (nSPS) is 17.8. The second-order valence-corrected chi connectivity index (χ2v) is 12.3. The van der Waals surface area contributed by atoms with Crippen molar-refractivity contribution < 1.29 is 76.1 Å². The molecule has 0 radical (unpaired) electrons. The van der Waals surface area contributed by atoms with Crippen LogP contribution in [0.4, 0.5) is 0 Å². The van der Waals surface area contributed by atoms with E-state index in [9.17, 15) is 28.8 Å². The quantitative estimate of drug-likeness (QED) is 0.0952. The van der Waals surface area contributed by atoms with E-state index in [0.717, 1.165) is 12.2 Å². The van der Waals surface area contributed by atoms with Gasteiger partial charge < -0.3 is 47.4 Å². The third-order valence-electron chi connectivity index (χ3n) is 8.64. The lowest BCUT2D eigenvalue weighted by Gasteiger charge is -2.18. The molecule has 2 saturated heterocycles. The van der Waals surface area contributed by atoms with Gasteiger partial charge in [-0.25, -0.2) is 28.8 Å². The van der Waals surface area contributed by atoms with Crippen molar-refractivity contribution in [2.75, 3.05) is 27.4 Å². The molecule has 4 aromatic carbocycles. The van der Waals surface area contributed by atoms with E-state index in [1.165, 1.54) is 99.1 Å². The van der Waals surface area contributed by atoms with Crippen LogP contribution in [-0.2, 0) is 28.5 Å². The molecule has 0 N–H and O–H groups in total. The van der Waals surface area contributed by atoms with Crippen LogP contribution in [0.3, 0.4) is 0 Å². The van der Waals surface area contributed by atoms with Crippen molar-refractivity contribution in [1.29, 1.82) is 0 Å². The number of carbonyl (C=O) groups excluding carboxylic acids is 6. The molecule has 2 aliphatic heterocycles. The van der Waals surface area contributed by atoms with Crippen molar-refractivity contribution in [2.45, 2.75) is 24.4 Å². The largest absolute Gasteiger partial charge is 0.496 e. The highest BCUT2D eigenvalue weighted by Crippen LogP contribution is 2.34. The molecule has 0 spiro atoms. The smallest absolute Gasteiger partial charge is 0.343 e. The molecule has 4 aromatic rings. The Kier molecular flexibility index (Phi) is 12.6. The zero-order valence-corrected chi connectivity index (χ0v) is 30.9. The molecule has 0 saturated carbocycles. The summed E-state index contributed by atoms with van der Waals surface area (Å²) < 4.78 is 54.8. The number of rotatable bonds is 14. The Bertz CT molecular complexity index is 2090. The molecule has 0 amide bonds. The molecule has 6 rings (SSSR count). The van der Waals surface area contributed by atoms with Gasteiger partial charge in [0, 0.05) is 24.3 Å². The molecule has 16 heteroatoms. The maximum Gasteiger partial charge on any atom is 0.343 e. The summed E-state index contributed by atoms with van der Waals surface area (Å²) in [7, 11) is 2.66. The first kappa shape index (κ1) is 40.4. The minimum Gasteiger partial charge on any atom is -0.496 e. The van der Waals surface area contributed by atoms with Crippen LogP contribution in [0, 0.1) is 0 Å². The van der Waals surface area contributed by atoms with Crippen LogP contribution in [0.2, 0.25) is 0 Å². The number of hydrogen-bond donors (Lipinski definition) is 0. The zero-order valence-electron chi connectivity index (χ0n) is 30.9. The van der Waals surface area contributed by atoms with E-state index in [-0.39, 0.29) is 70.0 Å². The number of ether oxygens (including phenoxy) is 10. The molecule has 2 fully saturated rings. The second kappa shape index (κ2) is 18.1. The average Bonchev–Trinajstić information content (AvgIpc) is 3.83. The summed E-state index contributed by atoms with van der Waals surface area (Å²) in [5.74, 6) is -3.54. The highest BCUT2D eigenvalue weighted by atomic mass is 16.7. The lowest BCUT2D eigenvalue weighted by atomic mass is 10.1. The number of carbonyl (C=O) groups is 6. The van der Waals surface area contributed by atoms with E-state index in [4.69, 9.17) is 47.4 Å². The average molecular weight is 795 g/mol. The van der Waals surface area contributed by atoms with Gasteiger partial charge in [-0.05, 0) is 72.8 Å². The molecular formula is C42H34O16. The predicted molar refractivity (Wildman–Crippen MR) is 198 cm³/mol. The first-order valence-corrected chi connectivity index (χ1v) is 17.3. The molecule has 16 nitrogen and oxygen atoms in total. The highest BCUT2D eigenvalue weighted by molar-refractivity contribution is 5.95. The summed E-state index contributed by atoms with van der Waals surface area (Å²) in [6.45, 7) is 6.55. The summed E-state index contributed by atoms with van der Waals surface area (Å²) >= 11 is 0. The minimum absolute atomic E-state index is 0.0331. The SMILES string of the molecule is C=CC(=O)Oc1ccc(C(=O)Oc2ccc(C(=O)O[C@H]3CO[C@H]4[C@@H]3OC[C@H]4OC(=O)c3ccc(OC(=O)c4ccc(OC(=O)C=C)cc4)cc3OC)c(OC)c2)cc1. The first-order valence-electron chi connectivity index (χ1n) is 17.3. The van der Waals surface area contributed by atoms with Crippen molar-refractivity contribution in [3.63, 3.8) is 0 Å².